The Hall–Kier alpha value is -2.62. The van der Waals surface area contributed by atoms with E-state index in [4.69, 9.17) is 0 Å². The summed E-state index contributed by atoms with van der Waals surface area (Å²) >= 11 is 0. The monoisotopic (exact) mass is 308 g/mol. The summed E-state index contributed by atoms with van der Waals surface area (Å²) in [5.74, 6) is 0.126. The maximum Gasteiger partial charge on any atom is 0.255 e. The zero-order valence-electron chi connectivity index (χ0n) is 13.1. The number of aryl methyl sites for hydroxylation is 1. The van der Waals surface area contributed by atoms with Gasteiger partial charge in [0.05, 0.1) is 0 Å². The van der Waals surface area contributed by atoms with E-state index in [2.05, 4.69) is 17.6 Å². The van der Waals surface area contributed by atoms with Gasteiger partial charge in [0.25, 0.3) is 5.91 Å². The van der Waals surface area contributed by atoms with E-state index in [0.717, 1.165) is 24.9 Å². The number of rotatable bonds is 5. The molecule has 0 radical (unpaired) electrons. The molecule has 0 bridgehead atoms. The molecular formula is C19H20N2O2. The maximum absolute atomic E-state index is 12.2. The van der Waals surface area contributed by atoms with Gasteiger partial charge in [-0.2, -0.15) is 0 Å². The molecule has 118 valence electrons. The Labute approximate surface area is 135 Å². The molecule has 0 aliphatic heterocycles. The van der Waals surface area contributed by atoms with Crippen LogP contribution in [0.3, 0.4) is 0 Å². The van der Waals surface area contributed by atoms with Crippen molar-refractivity contribution in [1.82, 2.24) is 0 Å². The second-order valence-corrected chi connectivity index (χ2v) is 5.85. The number of carbonyl (C=O) groups excluding carboxylic acids is 2. The third-order valence-corrected chi connectivity index (χ3v) is 3.98. The molecule has 1 saturated carbocycles. The molecule has 0 spiro atoms. The number of anilines is 2. The summed E-state index contributed by atoms with van der Waals surface area (Å²) < 4.78 is 0. The van der Waals surface area contributed by atoms with Gasteiger partial charge in [-0.3, -0.25) is 9.59 Å². The second kappa shape index (κ2) is 6.65. The molecule has 2 aromatic carbocycles. The summed E-state index contributed by atoms with van der Waals surface area (Å²) in [5.41, 5.74) is 3.30. The normalized spacial score (nSPS) is 13.4. The molecule has 2 N–H and O–H groups in total. The number of hydrogen-bond acceptors (Lipinski definition) is 2. The summed E-state index contributed by atoms with van der Waals surface area (Å²) in [6, 6.07) is 14.8. The summed E-state index contributed by atoms with van der Waals surface area (Å²) in [7, 11) is 0. The molecule has 1 aliphatic carbocycles. The lowest BCUT2D eigenvalue weighted by Gasteiger charge is -2.08. The Morgan fingerprint density at radius 3 is 2.00 bits per heavy atom. The zero-order valence-corrected chi connectivity index (χ0v) is 13.1. The van der Waals surface area contributed by atoms with Crippen molar-refractivity contribution in [2.75, 3.05) is 10.6 Å². The predicted octanol–water partition coefficient (Wildman–Crippen LogP) is 3.85. The average Bonchev–Trinajstić information content (AvgIpc) is 3.42. The molecule has 0 heterocycles. The van der Waals surface area contributed by atoms with Gasteiger partial charge in [-0.25, -0.2) is 0 Å². The van der Waals surface area contributed by atoms with Crippen LogP contribution in [0.1, 0.15) is 35.7 Å². The van der Waals surface area contributed by atoms with Gasteiger partial charge in [-0.05, 0) is 61.2 Å². The Morgan fingerprint density at radius 2 is 1.48 bits per heavy atom. The molecule has 3 rings (SSSR count). The third-order valence-electron chi connectivity index (χ3n) is 3.98. The molecule has 4 heteroatoms. The lowest BCUT2D eigenvalue weighted by Crippen LogP contribution is -2.14. The summed E-state index contributed by atoms with van der Waals surface area (Å²) in [4.78, 5) is 23.9. The zero-order chi connectivity index (χ0) is 16.2. The molecule has 0 atom stereocenters. The van der Waals surface area contributed by atoms with E-state index in [-0.39, 0.29) is 17.7 Å². The Kier molecular flexibility index (Phi) is 4.42. The van der Waals surface area contributed by atoms with E-state index in [1.807, 2.05) is 24.3 Å². The number of carbonyl (C=O) groups is 2. The summed E-state index contributed by atoms with van der Waals surface area (Å²) in [6.07, 6.45) is 2.92. The number of hydrogen-bond donors (Lipinski definition) is 2. The van der Waals surface area contributed by atoms with Crippen LogP contribution in [0.2, 0.25) is 0 Å². The highest BCUT2D eigenvalue weighted by Crippen LogP contribution is 2.30. The van der Waals surface area contributed by atoms with Crippen molar-refractivity contribution in [2.45, 2.75) is 26.2 Å². The van der Waals surface area contributed by atoms with Crippen LogP contribution in [0.5, 0.6) is 0 Å². The van der Waals surface area contributed by atoms with Crippen LogP contribution in [0.25, 0.3) is 0 Å². The van der Waals surface area contributed by atoms with Crippen molar-refractivity contribution in [1.29, 1.82) is 0 Å². The maximum atomic E-state index is 12.2. The van der Waals surface area contributed by atoms with E-state index in [9.17, 15) is 9.59 Å². The van der Waals surface area contributed by atoms with Gasteiger partial charge in [-0.1, -0.05) is 19.1 Å². The lowest BCUT2D eigenvalue weighted by atomic mass is 10.1. The molecular weight excluding hydrogens is 288 g/mol. The van der Waals surface area contributed by atoms with Crippen molar-refractivity contribution in [3.05, 3.63) is 59.7 Å². The van der Waals surface area contributed by atoms with Crippen LogP contribution in [0.4, 0.5) is 11.4 Å². The standard InChI is InChI=1S/C19H20N2O2/c1-2-13-3-5-14(6-4-13)18(22)20-16-9-11-17(12-10-16)21-19(23)15-7-8-15/h3-6,9-12,15H,2,7-8H2,1H3,(H,20,22)(H,21,23). The van der Waals surface area contributed by atoms with E-state index in [1.54, 1.807) is 24.3 Å². The van der Waals surface area contributed by atoms with Crippen LogP contribution in [-0.2, 0) is 11.2 Å². The van der Waals surface area contributed by atoms with Crippen molar-refractivity contribution < 1.29 is 9.59 Å². The van der Waals surface area contributed by atoms with E-state index in [0.29, 0.717) is 11.3 Å². The number of nitrogens with one attached hydrogen (secondary N) is 2. The second-order valence-electron chi connectivity index (χ2n) is 5.85. The predicted molar refractivity (Wildman–Crippen MR) is 91.6 cm³/mol. The third kappa shape index (κ3) is 3.97. The summed E-state index contributed by atoms with van der Waals surface area (Å²) in [5, 5.41) is 5.74. The molecule has 0 unspecified atom stereocenters. The van der Waals surface area contributed by atoms with Crippen LogP contribution in [-0.4, -0.2) is 11.8 Å². The SMILES string of the molecule is CCc1ccc(C(=O)Nc2ccc(NC(=O)C3CC3)cc2)cc1. The first-order chi connectivity index (χ1) is 11.2. The first-order valence-corrected chi connectivity index (χ1v) is 7.97. The van der Waals surface area contributed by atoms with E-state index in [1.165, 1.54) is 5.56 Å². The van der Waals surface area contributed by atoms with Gasteiger partial charge in [0.15, 0.2) is 0 Å². The molecule has 23 heavy (non-hydrogen) atoms. The van der Waals surface area contributed by atoms with Gasteiger partial charge >= 0.3 is 0 Å². The van der Waals surface area contributed by atoms with Crippen molar-refractivity contribution in [2.24, 2.45) is 5.92 Å². The molecule has 0 saturated heterocycles. The van der Waals surface area contributed by atoms with Crippen LogP contribution < -0.4 is 10.6 Å². The van der Waals surface area contributed by atoms with Crippen molar-refractivity contribution in [3.8, 4) is 0 Å². The molecule has 1 fully saturated rings. The van der Waals surface area contributed by atoms with E-state index < -0.39 is 0 Å². The minimum atomic E-state index is -0.137. The minimum Gasteiger partial charge on any atom is -0.326 e. The lowest BCUT2D eigenvalue weighted by molar-refractivity contribution is -0.117. The fourth-order valence-corrected chi connectivity index (χ4v) is 2.32. The number of amides is 2. The van der Waals surface area contributed by atoms with E-state index >= 15 is 0 Å². The topological polar surface area (TPSA) is 58.2 Å². The fourth-order valence-electron chi connectivity index (χ4n) is 2.32. The first kappa shape index (κ1) is 15.3. The average molecular weight is 308 g/mol. The highest BCUT2D eigenvalue weighted by atomic mass is 16.2. The quantitative estimate of drug-likeness (QED) is 0.881. The minimum absolute atomic E-state index is 0.0813. The highest BCUT2D eigenvalue weighted by molar-refractivity contribution is 6.04. The first-order valence-electron chi connectivity index (χ1n) is 7.97. The molecule has 0 aromatic heterocycles. The molecule has 1 aliphatic rings. The van der Waals surface area contributed by atoms with Crippen LogP contribution >= 0.6 is 0 Å². The Balaban J connectivity index is 1.60. The van der Waals surface area contributed by atoms with Crippen LogP contribution in [0, 0.1) is 5.92 Å². The van der Waals surface area contributed by atoms with Gasteiger partial charge in [0.2, 0.25) is 5.91 Å². The van der Waals surface area contributed by atoms with Crippen molar-refractivity contribution in [3.63, 3.8) is 0 Å². The molecule has 2 aromatic rings. The fraction of sp³-hybridized carbons (Fsp3) is 0.263. The Morgan fingerprint density at radius 1 is 0.913 bits per heavy atom. The van der Waals surface area contributed by atoms with Gasteiger partial charge < -0.3 is 10.6 Å². The largest absolute Gasteiger partial charge is 0.326 e. The molecule has 2 amide bonds. The molecule has 4 nitrogen and oxygen atoms in total. The van der Waals surface area contributed by atoms with Gasteiger partial charge in [-0.15, -0.1) is 0 Å². The van der Waals surface area contributed by atoms with Crippen LogP contribution in [0.15, 0.2) is 48.5 Å². The smallest absolute Gasteiger partial charge is 0.255 e. The number of benzene rings is 2. The van der Waals surface area contributed by atoms with Gasteiger partial charge in [0, 0.05) is 22.9 Å². The van der Waals surface area contributed by atoms with Crippen molar-refractivity contribution >= 4 is 23.2 Å². The van der Waals surface area contributed by atoms with Gasteiger partial charge in [0.1, 0.15) is 0 Å². The Bertz CT molecular complexity index is 701. The summed E-state index contributed by atoms with van der Waals surface area (Å²) in [6.45, 7) is 2.08. The highest BCUT2D eigenvalue weighted by Gasteiger charge is 2.29.